The number of aliphatic hydroxyl groups is 1. The number of ether oxygens (including phenoxy) is 1. The molecular formula is C17H18N2O5S2. The predicted octanol–water partition coefficient (Wildman–Crippen LogP) is 1.32. The highest BCUT2D eigenvalue weighted by molar-refractivity contribution is 8.18. The van der Waals surface area contributed by atoms with Crippen LogP contribution >= 0.6 is 23.5 Å². The maximum Gasteiger partial charge on any atom is 0.294 e. The van der Waals surface area contributed by atoms with E-state index >= 15 is 0 Å². The maximum absolute atomic E-state index is 12.5. The van der Waals surface area contributed by atoms with Crippen LogP contribution < -0.4 is 10.1 Å². The van der Waals surface area contributed by atoms with Gasteiger partial charge in [-0.25, -0.2) is 0 Å². The number of benzene rings is 1. The third-order valence-electron chi connectivity index (χ3n) is 4.00. The van der Waals surface area contributed by atoms with Gasteiger partial charge in [0.25, 0.3) is 11.1 Å². The van der Waals surface area contributed by atoms with Crippen molar-refractivity contribution in [1.82, 2.24) is 10.2 Å². The van der Waals surface area contributed by atoms with Crippen LogP contribution in [0, 0.1) is 0 Å². The van der Waals surface area contributed by atoms with Crippen LogP contribution in [0.15, 0.2) is 29.2 Å². The van der Waals surface area contributed by atoms with Crippen molar-refractivity contribution in [2.24, 2.45) is 0 Å². The molecule has 2 atom stereocenters. The first-order valence-corrected chi connectivity index (χ1v) is 9.90. The summed E-state index contributed by atoms with van der Waals surface area (Å²) in [6, 6.07) is 6.79. The lowest BCUT2D eigenvalue weighted by molar-refractivity contribution is -0.129. The summed E-state index contributed by atoms with van der Waals surface area (Å²) in [6.45, 7) is -0.359. The lowest BCUT2D eigenvalue weighted by Crippen LogP contribution is -2.47. The van der Waals surface area contributed by atoms with Gasteiger partial charge in [0.1, 0.15) is 12.3 Å². The van der Waals surface area contributed by atoms with Gasteiger partial charge in [-0.05, 0) is 23.9 Å². The molecule has 2 saturated heterocycles. The Morgan fingerprint density at radius 3 is 2.85 bits per heavy atom. The average Bonchev–Trinajstić information content (AvgIpc) is 3.13. The van der Waals surface area contributed by atoms with Gasteiger partial charge in [0.15, 0.2) is 0 Å². The normalized spacial score (nSPS) is 24.4. The molecule has 2 heterocycles. The topological polar surface area (TPSA) is 95.9 Å². The van der Waals surface area contributed by atoms with Crippen molar-refractivity contribution >= 4 is 46.7 Å². The second-order valence-electron chi connectivity index (χ2n) is 5.79. The molecule has 0 saturated carbocycles. The molecule has 3 rings (SSSR count). The largest absolute Gasteiger partial charge is 0.496 e. The van der Waals surface area contributed by atoms with Gasteiger partial charge < -0.3 is 15.2 Å². The van der Waals surface area contributed by atoms with E-state index in [-0.39, 0.29) is 17.5 Å². The van der Waals surface area contributed by atoms with Crippen molar-refractivity contribution in [1.29, 1.82) is 0 Å². The molecule has 3 amide bonds. The van der Waals surface area contributed by atoms with Gasteiger partial charge in [-0.15, -0.1) is 0 Å². The molecule has 1 aromatic carbocycles. The second kappa shape index (κ2) is 8.15. The van der Waals surface area contributed by atoms with E-state index in [1.165, 1.54) is 7.11 Å². The Labute approximate surface area is 159 Å². The van der Waals surface area contributed by atoms with E-state index in [4.69, 9.17) is 4.74 Å². The Morgan fingerprint density at radius 2 is 2.15 bits per heavy atom. The standard InChI is InChI=1S/C17H18N2O5S2/c1-24-13-5-3-2-4-10(13)6-14-16(22)19(17(23)26-14)7-15(21)18-11-8-25-9-12(11)20/h2-6,11-12,20H,7-9H2,1H3,(H,18,21)/b14-6-. The zero-order valence-electron chi connectivity index (χ0n) is 14.0. The molecule has 0 spiro atoms. The molecule has 26 heavy (non-hydrogen) atoms. The van der Waals surface area contributed by atoms with E-state index in [2.05, 4.69) is 5.32 Å². The second-order valence-corrected chi connectivity index (χ2v) is 7.86. The van der Waals surface area contributed by atoms with Crippen molar-refractivity contribution in [3.63, 3.8) is 0 Å². The summed E-state index contributed by atoms with van der Waals surface area (Å²) in [6.07, 6.45) is 0.975. The molecule has 2 fully saturated rings. The van der Waals surface area contributed by atoms with Gasteiger partial charge in [-0.2, -0.15) is 11.8 Å². The Balaban J connectivity index is 1.68. The molecule has 2 unspecified atom stereocenters. The summed E-state index contributed by atoms with van der Waals surface area (Å²) >= 11 is 2.33. The van der Waals surface area contributed by atoms with Gasteiger partial charge in [-0.3, -0.25) is 19.3 Å². The predicted molar refractivity (Wildman–Crippen MR) is 101 cm³/mol. The Hall–Kier alpha value is -1.97. The number of imide groups is 1. The summed E-state index contributed by atoms with van der Waals surface area (Å²) in [5.74, 6) is 0.793. The highest BCUT2D eigenvalue weighted by Gasteiger charge is 2.37. The van der Waals surface area contributed by atoms with E-state index in [1.807, 2.05) is 6.07 Å². The number of carbonyl (C=O) groups is 3. The van der Waals surface area contributed by atoms with Crippen LogP contribution in [0.5, 0.6) is 5.75 Å². The van der Waals surface area contributed by atoms with Crippen LogP contribution in [-0.4, -0.2) is 64.4 Å². The van der Waals surface area contributed by atoms with E-state index in [9.17, 15) is 19.5 Å². The molecule has 7 nitrogen and oxygen atoms in total. The fourth-order valence-corrected chi connectivity index (χ4v) is 4.64. The van der Waals surface area contributed by atoms with Gasteiger partial charge >= 0.3 is 0 Å². The van der Waals surface area contributed by atoms with Crippen LogP contribution in [0.2, 0.25) is 0 Å². The summed E-state index contributed by atoms with van der Waals surface area (Å²) < 4.78 is 5.24. The van der Waals surface area contributed by atoms with E-state index in [1.54, 1.807) is 36.0 Å². The molecule has 138 valence electrons. The number of nitrogens with one attached hydrogen (secondary N) is 1. The maximum atomic E-state index is 12.5. The smallest absolute Gasteiger partial charge is 0.294 e. The Morgan fingerprint density at radius 1 is 1.38 bits per heavy atom. The minimum atomic E-state index is -0.607. The fraction of sp³-hybridized carbons (Fsp3) is 0.353. The molecular weight excluding hydrogens is 376 g/mol. The van der Waals surface area contributed by atoms with Gasteiger partial charge in [0, 0.05) is 17.1 Å². The number of para-hydroxylation sites is 1. The lowest BCUT2D eigenvalue weighted by atomic mass is 10.2. The molecule has 0 bridgehead atoms. The van der Waals surface area contributed by atoms with E-state index in [0.29, 0.717) is 22.8 Å². The summed E-state index contributed by atoms with van der Waals surface area (Å²) in [4.78, 5) is 37.9. The monoisotopic (exact) mass is 394 g/mol. The molecule has 9 heteroatoms. The van der Waals surface area contributed by atoms with Crippen molar-refractivity contribution in [3.05, 3.63) is 34.7 Å². The number of thioether (sulfide) groups is 2. The summed E-state index contributed by atoms with van der Waals surface area (Å²) in [5, 5.41) is 11.9. The molecule has 1 aromatic rings. The van der Waals surface area contributed by atoms with E-state index < -0.39 is 23.2 Å². The highest BCUT2D eigenvalue weighted by Crippen LogP contribution is 2.33. The Kier molecular flexibility index (Phi) is 5.90. The number of carbonyl (C=O) groups excluding carboxylic acids is 3. The minimum absolute atomic E-state index is 0.240. The third-order valence-corrected chi connectivity index (χ3v) is 6.08. The number of nitrogens with zero attached hydrogens (tertiary/aromatic N) is 1. The van der Waals surface area contributed by atoms with Crippen LogP contribution in [0.25, 0.3) is 6.08 Å². The fourth-order valence-electron chi connectivity index (χ4n) is 2.64. The van der Waals surface area contributed by atoms with Crippen LogP contribution in [-0.2, 0) is 9.59 Å². The first-order chi connectivity index (χ1) is 12.5. The van der Waals surface area contributed by atoms with E-state index in [0.717, 1.165) is 16.7 Å². The number of aliphatic hydroxyl groups excluding tert-OH is 1. The zero-order valence-corrected chi connectivity index (χ0v) is 15.6. The molecule has 2 aliphatic heterocycles. The first-order valence-electron chi connectivity index (χ1n) is 7.93. The average molecular weight is 394 g/mol. The molecule has 2 N–H and O–H groups in total. The van der Waals surface area contributed by atoms with Crippen molar-refractivity contribution in [2.45, 2.75) is 12.1 Å². The van der Waals surface area contributed by atoms with Crippen LogP contribution in [0.4, 0.5) is 4.79 Å². The minimum Gasteiger partial charge on any atom is -0.496 e. The highest BCUT2D eigenvalue weighted by atomic mass is 32.2. The van der Waals surface area contributed by atoms with Crippen molar-refractivity contribution in [2.75, 3.05) is 25.2 Å². The van der Waals surface area contributed by atoms with Crippen LogP contribution in [0.3, 0.4) is 0 Å². The van der Waals surface area contributed by atoms with Gasteiger partial charge in [0.05, 0.1) is 24.2 Å². The SMILES string of the molecule is COc1ccccc1/C=C1\SC(=O)N(CC(=O)NC2CSCC2O)C1=O. The number of hydrogen-bond donors (Lipinski definition) is 2. The summed E-state index contributed by atoms with van der Waals surface area (Å²) in [7, 11) is 1.53. The summed E-state index contributed by atoms with van der Waals surface area (Å²) in [5.41, 5.74) is 0.677. The van der Waals surface area contributed by atoms with Crippen molar-refractivity contribution < 1.29 is 24.2 Å². The molecule has 2 aliphatic rings. The Bertz CT molecular complexity index is 767. The van der Waals surface area contributed by atoms with Crippen LogP contribution in [0.1, 0.15) is 5.56 Å². The number of rotatable bonds is 5. The quantitative estimate of drug-likeness (QED) is 0.727. The molecule has 0 aliphatic carbocycles. The van der Waals surface area contributed by atoms with Gasteiger partial charge in [-0.1, -0.05) is 18.2 Å². The van der Waals surface area contributed by atoms with Gasteiger partial charge in [0.2, 0.25) is 5.91 Å². The first kappa shape index (κ1) is 18.8. The third kappa shape index (κ3) is 4.05. The lowest BCUT2D eigenvalue weighted by Gasteiger charge is -2.18. The number of methoxy groups -OCH3 is 1. The zero-order chi connectivity index (χ0) is 18.7. The number of amides is 3. The molecule has 0 aromatic heterocycles. The number of hydrogen-bond acceptors (Lipinski definition) is 7. The van der Waals surface area contributed by atoms with Crippen molar-refractivity contribution in [3.8, 4) is 5.75 Å². The molecule has 0 radical (unpaired) electrons.